The third kappa shape index (κ3) is 3.56. The summed E-state index contributed by atoms with van der Waals surface area (Å²) in [7, 11) is 0. The summed E-state index contributed by atoms with van der Waals surface area (Å²) >= 11 is 2.77. The van der Waals surface area contributed by atoms with Gasteiger partial charge in [-0.25, -0.2) is 9.78 Å². The summed E-state index contributed by atoms with van der Waals surface area (Å²) in [6, 6.07) is 13.7. The Kier molecular flexibility index (Phi) is 4.63. The monoisotopic (exact) mass is 396 g/mol. The van der Waals surface area contributed by atoms with Crippen LogP contribution < -0.4 is 5.32 Å². The molecule has 0 atom stereocenters. The number of thiazole rings is 1. The van der Waals surface area contributed by atoms with Crippen LogP contribution in [0.4, 0.5) is 5.13 Å². The van der Waals surface area contributed by atoms with Crippen LogP contribution in [0.3, 0.4) is 0 Å². The van der Waals surface area contributed by atoms with E-state index in [0.717, 1.165) is 31.4 Å². The molecule has 4 rings (SSSR count). The smallest absolute Gasteiger partial charge is 0.349 e. The topological polar surface area (TPSA) is 68.3 Å². The number of nitrogens with one attached hydrogen (secondary N) is 1. The van der Waals surface area contributed by atoms with E-state index >= 15 is 0 Å². The van der Waals surface area contributed by atoms with Gasteiger partial charge in [-0.3, -0.25) is 10.1 Å². The summed E-state index contributed by atoms with van der Waals surface area (Å²) in [6.07, 6.45) is 0. The highest BCUT2D eigenvalue weighted by molar-refractivity contribution is 7.22. The van der Waals surface area contributed by atoms with Gasteiger partial charge in [0.15, 0.2) is 11.7 Å². The molecule has 0 fully saturated rings. The van der Waals surface area contributed by atoms with Gasteiger partial charge in [0.2, 0.25) is 0 Å². The van der Waals surface area contributed by atoms with E-state index in [4.69, 9.17) is 4.74 Å². The number of carbonyl (C=O) groups is 2. The van der Waals surface area contributed by atoms with Crippen molar-refractivity contribution in [3.8, 4) is 0 Å². The Bertz CT molecular complexity index is 1180. The van der Waals surface area contributed by atoms with Crippen molar-refractivity contribution in [1.29, 1.82) is 0 Å². The lowest BCUT2D eigenvalue weighted by Crippen LogP contribution is -2.20. The third-order valence-corrected chi connectivity index (χ3v) is 6.34. The van der Waals surface area contributed by atoms with Gasteiger partial charge in [0, 0.05) is 4.70 Å². The van der Waals surface area contributed by atoms with Gasteiger partial charge < -0.3 is 4.74 Å². The summed E-state index contributed by atoms with van der Waals surface area (Å²) in [5, 5.41) is 4.22. The van der Waals surface area contributed by atoms with E-state index in [9.17, 15) is 9.59 Å². The molecule has 2 aromatic heterocycles. The number of ether oxygens (including phenoxy) is 1. The molecule has 0 saturated heterocycles. The lowest BCUT2D eigenvalue weighted by Gasteiger charge is -2.04. The Morgan fingerprint density at radius 1 is 1.07 bits per heavy atom. The van der Waals surface area contributed by atoms with Gasteiger partial charge in [0.25, 0.3) is 5.91 Å². The number of hydrogen-bond acceptors (Lipinski definition) is 6. The summed E-state index contributed by atoms with van der Waals surface area (Å²) < 4.78 is 7.23. The summed E-state index contributed by atoms with van der Waals surface area (Å²) in [4.78, 5) is 29.4. The number of hydrogen-bond donors (Lipinski definition) is 1. The molecule has 1 N–H and O–H groups in total. The van der Waals surface area contributed by atoms with Gasteiger partial charge in [-0.1, -0.05) is 35.6 Å². The number of esters is 1. The molecule has 0 aliphatic carbocycles. The highest BCUT2D eigenvalue weighted by Crippen LogP contribution is 2.31. The molecule has 0 aliphatic rings. The first-order valence-corrected chi connectivity index (χ1v) is 9.97. The van der Waals surface area contributed by atoms with Crippen molar-refractivity contribution in [1.82, 2.24) is 4.98 Å². The van der Waals surface area contributed by atoms with E-state index in [0.29, 0.717) is 10.0 Å². The first kappa shape index (κ1) is 17.6. The first-order valence-electron chi connectivity index (χ1n) is 8.33. The Morgan fingerprint density at radius 2 is 1.89 bits per heavy atom. The summed E-state index contributed by atoms with van der Waals surface area (Å²) in [6.45, 7) is 3.55. The van der Waals surface area contributed by atoms with E-state index in [2.05, 4.69) is 10.3 Å². The van der Waals surface area contributed by atoms with Crippen molar-refractivity contribution in [3.63, 3.8) is 0 Å². The minimum Gasteiger partial charge on any atom is -0.451 e. The fourth-order valence-corrected chi connectivity index (χ4v) is 4.89. The second-order valence-electron chi connectivity index (χ2n) is 6.17. The number of aromatic nitrogens is 1. The molecule has 0 radical (unpaired) electrons. The van der Waals surface area contributed by atoms with Crippen LogP contribution in [0.5, 0.6) is 0 Å². The molecule has 0 unspecified atom stereocenters. The number of thiophene rings is 1. The Morgan fingerprint density at radius 3 is 2.70 bits per heavy atom. The van der Waals surface area contributed by atoms with Gasteiger partial charge >= 0.3 is 5.97 Å². The van der Waals surface area contributed by atoms with Crippen LogP contribution in [-0.4, -0.2) is 23.5 Å². The first-order chi connectivity index (χ1) is 13.0. The van der Waals surface area contributed by atoms with Crippen LogP contribution in [0.2, 0.25) is 0 Å². The second-order valence-corrected chi connectivity index (χ2v) is 8.25. The van der Waals surface area contributed by atoms with Crippen LogP contribution in [0.15, 0.2) is 42.5 Å². The fraction of sp³-hybridized carbons (Fsp3) is 0.150. The Labute approximate surface area is 163 Å². The predicted octanol–water partition coefficient (Wildman–Crippen LogP) is 4.92. The minimum absolute atomic E-state index is 0.346. The standard InChI is InChI=1S/C20H16N2O3S2/c1-11-7-8-14-16(9-11)27-20(21-14)22-17(23)10-25-19(24)18-12(2)13-5-3-4-6-15(13)26-18/h3-9H,10H2,1-2H3,(H,21,22,23). The molecule has 0 aliphatic heterocycles. The van der Waals surface area contributed by atoms with Gasteiger partial charge in [0.05, 0.1) is 10.2 Å². The Hall–Kier alpha value is -2.77. The van der Waals surface area contributed by atoms with Crippen LogP contribution in [-0.2, 0) is 9.53 Å². The number of nitrogens with zero attached hydrogens (tertiary/aromatic N) is 1. The van der Waals surface area contributed by atoms with Gasteiger partial charge in [-0.15, -0.1) is 11.3 Å². The average Bonchev–Trinajstić information content (AvgIpc) is 3.20. The third-order valence-electron chi connectivity index (χ3n) is 4.15. The zero-order valence-electron chi connectivity index (χ0n) is 14.7. The molecule has 7 heteroatoms. The molecule has 136 valence electrons. The largest absolute Gasteiger partial charge is 0.451 e. The minimum atomic E-state index is -0.483. The van der Waals surface area contributed by atoms with E-state index in [1.807, 2.05) is 56.3 Å². The number of rotatable bonds is 4. The highest BCUT2D eigenvalue weighted by Gasteiger charge is 2.18. The lowest BCUT2D eigenvalue weighted by atomic mass is 10.1. The number of anilines is 1. The molecule has 1 amide bonds. The molecular weight excluding hydrogens is 380 g/mol. The summed E-state index contributed by atoms with van der Waals surface area (Å²) in [5.41, 5.74) is 2.85. The molecule has 4 aromatic rings. The van der Waals surface area contributed by atoms with Crippen LogP contribution >= 0.6 is 22.7 Å². The molecule has 0 bridgehead atoms. The highest BCUT2D eigenvalue weighted by atomic mass is 32.1. The van der Waals surface area contributed by atoms with Crippen molar-refractivity contribution in [2.75, 3.05) is 11.9 Å². The van der Waals surface area contributed by atoms with Crippen molar-refractivity contribution in [2.24, 2.45) is 0 Å². The Balaban J connectivity index is 1.41. The van der Waals surface area contributed by atoms with E-state index in [-0.39, 0.29) is 6.61 Å². The van der Waals surface area contributed by atoms with Crippen molar-refractivity contribution < 1.29 is 14.3 Å². The number of benzene rings is 2. The zero-order chi connectivity index (χ0) is 19.0. The van der Waals surface area contributed by atoms with Crippen LogP contribution in [0.25, 0.3) is 20.3 Å². The van der Waals surface area contributed by atoms with Crippen molar-refractivity contribution in [2.45, 2.75) is 13.8 Å². The number of aryl methyl sites for hydroxylation is 2. The zero-order valence-corrected chi connectivity index (χ0v) is 16.4. The van der Waals surface area contributed by atoms with E-state index < -0.39 is 11.9 Å². The van der Waals surface area contributed by atoms with Crippen molar-refractivity contribution >= 4 is 60.0 Å². The number of amides is 1. The molecule has 2 heterocycles. The number of carbonyl (C=O) groups excluding carboxylic acids is 2. The fourth-order valence-electron chi connectivity index (χ4n) is 2.81. The molecule has 2 aromatic carbocycles. The quantitative estimate of drug-likeness (QED) is 0.497. The molecule has 27 heavy (non-hydrogen) atoms. The van der Waals surface area contributed by atoms with Gasteiger partial charge in [0.1, 0.15) is 4.88 Å². The van der Waals surface area contributed by atoms with Crippen molar-refractivity contribution in [3.05, 3.63) is 58.5 Å². The maximum atomic E-state index is 12.4. The van der Waals surface area contributed by atoms with E-state index in [1.54, 1.807) is 0 Å². The molecular formula is C20H16N2O3S2. The van der Waals surface area contributed by atoms with Crippen LogP contribution in [0, 0.1) is 13.8 Å². The van der Waals surface area contributed by atoms with Gasteiger partial charge in [-0.05, 0) is 48.6 Å². The molecule has 0 spiro atoms. The average molecular weight is 396 g/mol. The SMILES string of the molecule is Cc1ccc2nc(NC(=O)COC(=O)c3sc4ccccc4c3C)sc2c1. The maximum Gasteiger partial charge on any atom is 0.349 e. The van der Waals surface area contributed by atoms with Crippen LogP contribution in [0.1, 0.15) is 20.8 Å². The normalized spacial score (nSPS) is 11.0. The molecule has 0 saturated carbocycles. The predicted molar refractivity (Wildman–Crippen MR) is 110 cm³/mol. The van der Waals surface area contributed by atoms with E-state index in [1.165, 1.54) is 22.7 Å². The second kappa shape index (κ2) is 7.09. The maximum absolute atomic E-state index is 12.4. The molecule has 5 nitrogen and oxygen atoms in total. The number of fused-ring (bicyclic) bond motifs is 2. The van der Waals surface area contributed by atoms with Gasteiger partial charge in [-0.2, -0.15) is 0 Å². The lowest BCUT2D eigenvalue weighted by molar-refractivity contribution is -0.119. The summed E-state index contributed by atoms with van der Waals surface area (Å²) in [5.74, 6) is -0.887.